The second-order valence-electron chi connectivity index (χ2n) is 4.56. The number of rotatable bonds is 5. The van der Waals surface area contributed by atoms with Gasteiger partial charge in [0.25, 0.3) is 0 Å². The van der Waals surface area contributed by atoms with Crippen LogP contribution in [0.4, 0.5) is 11.4 Å². The lowest BCUT2D eigenvalue weighted by atomic mass is 10.1. The second kappa shape index (κ2) is 6.43. The summed E-state index contributed by atoms with van der Waals surface area (Å²) >= 11 is 0. The second-order valence-corrected chi connectivity index (χ2v) is 4.56. The highest BCUT2D eigenvalue weighted by Crippen LogP contribution is 2.32. The zero-order valence-electron chi connectivity index (χ0n) is 11.2. The van der Waals surface area contributed by atoms with E-state index in [1.807, 2.05) is 0 Å². The third-order valence-electron chi connectivity index (χ3n) is 3.25. The van der Waals surface area contributed by atoms with Crippen molar-refractivity contribution in [2.24, 2.45) is 0 Å². The predicted octanol–water partition coefficient (Wildman–Crippen LogP) is -0.761. The molecule has 1 heterocycles. The van der Waals surface area contributed by atoms with Gasteiger partial charge in [0.2, 0.25) is 0 Å². The molecule has 1 aliphatic heterocycles. The lowest BCUT2D eigenvalue weighted by Gasteiger charge is -2.27. The number of nitrogens with zero attached hydrogens (tertiary/aromatic N) is 1. The van der Waals surface area contributed by atoms with Gasteiger partial charge in [-0.2, -0.15) is 0 Å². The van der Waals surface area contributed by atoms with Crippen LogP contribution >= 0.6 is 0 Å². The molecule has 0 aliphatic carbocycles. The van der Waals surface area contributed by atoms with Crippen molar-refractivity contribution >= 4 is 11.4 Å². The van der Waals surface area contributed by atoms with E-state index < -0.39 is 31.1 Å². The van der Waals surface area contributed by atoms with Gasteiger partial charge in [-0.25, -0.2) is 0 Å². The molecule has 1 aromatic rings. The van der Waals surface area contributed by atoms with Gasteiger partial charge in [0.15, 0.2) is 6.23 Å². The molecule has 9 heteroatoms. The standard InChI is InChI=1S/C12H17N2O7/c1-20-6-2-3-7(8(4-6)14(18)19)13-12-11(17)10(16)9(5-15)21-12/h2-4,9-13,15-18H,5H2,1H3/q-1/t9-,10-,11+,12-/m1/s1. The normalized spacial score (nSPS) is 28.5. The van der Waals surface area contributed by atoms with Crippen molar-refractivity contribution in [3.63, 3.8) is 0 Å². The fraction of sp³-hybridized carbons (Fsp3) is 0.500. The first-order valence-electron chi connectivity index (χ1n) is 6.21. The van der Waals surface area contributed by atoms with Gasteiger partial charge < -0.3 is 40.5 Å². The third kappa shape index (κ3) is 3.18. The Labute approximate surface area is 120 Å². The van der Waals surface area contributed by atoms with Crippen molar-refractivity contribution < 1.29 is 30.0 Å². The van der Waals surface area contributed by atoms with Crippen LogP contribution in [0, 0.1) is 5.21 Å². The van der Waals surface area contributed by atoms with Crippen LogP contribution in [0.1, 0.15) is 0 Å². The molecule has 0 amide bonds. The fourth-order valence-corrected chi connectivity index (χ4v) is 2.09. The van der Waals surface area contributed by atoms with Gasteiger partial charge in [-0.05, 0) is 12.1 Å². The van der Waals surface area contributed by atoms with Gasteiger partial charge in [-0.3, -0.25) is 5.21 Å². The number of hydrogen-bond acceptors (Lipinski definition) is 9. The molecule has 0 spiro atoms. The van der Waals surface area contributed by atoms with E-state index in [0.29, 0.717) is 5.75 Å². The summed E-state index contributed by atoms with van der Waals surface area (Å²) in [5.41, 5.74) is 0.0234. The van der Waals surface area contributed by atoms with Gasteiger partial charge in [0.05, 0.1) is 25.1 Å². The quantitative estimate of drug-likeness (QED) is 0.444. The van der Waals surface area contributed by atoms with E-state index in [4.69, 9.17) is 19.8 Å². The smallest absolute Gasteiger partial charge is 0.157 e. The van der Waals surface area contributed by atoms with E-state index >= 15 is 0 Å². The summed E-state index contributed by atoms with van der Waals surface area (Å²) in [4.78, 5) is 0. The Kier molecular flexibility index (Phi) is 4.83. The highest BCUT2D eigenvalue weighted by atomic mass is 16.8. The molecule has 1 fully saturated rings. The molecule has 2 rings (SSSR count). The molecule has 1 saturated heterocycles. The molecule has 0 unspecified atom stereocenters. The van der Waals surface area contributed by atoms with Crippen LogP contribution in [0.5, 0.6) is 5.75 Å². The van der Waals surface area contributed by atoms with Crippen LogP contribution in [0.25, 0.3) is 0 Å². The molecule has 118 valence electrons. The average Bonchev–Trinajstić information content (AvgIpc) is 2.75. The number of aliphatic hydroxyl groups excluding tert-OH is 3. The Morgan fingerprint density at radius 3 is 2.62 bits per heavy atom. The molecule has 1 aromatic carbocycles. The fourth-order valence-electron chi connectivity index (χ4n) is 2.09. The predicted molar refractivity (Wildman–Crippen MR) is 72.0 cm³/mol. The number of anilines is 2. The van der Waals surface area contributed by atoms with E-state index in [-0.39, 0.29) is 16.6 Å². The molecule has 0 aromatic heterocycles. The molecule has 21 heavy (non-hydrogen) atoms. The SMILES string of the molecule is COc1ccc(N[C@@H]2O[C@H](CO)[C@@H](O)[C@@H]2O)c(N([O-])O)c1. The Hall–Kier alpha value is -1.62. The summed E-state index contributed by atoms with van der Waals surface area (Å²) in [7, 11) is 1.41. The van der Waals surface area contributed by atoms with Crippen molar-refractivity contribution in [1.29, 1.82) is 0 Å². The average molecular weight is 301 g/mol. The molecule has 5 N–H and O–H groups in total. The number of hydrogen-bond donors (Lipinski definition) is 5. The van der Waals surface area contributed by atoms with Crippen molar-refractivity contribution in [1.82, 2.24) is 0 Å². The summed E-state index contributed by atoms with van der Waals surface area (Å²) < 4.78 is 10.2. The molecule has 1 aliphatic rings. The Bertz CT molecular complexity index is 485. The minimum atomic E-state index is -1.30. The summed E-state index contributed by atoms with van der Waals surface area (Å²) in [6.07, 6.45) is -4.52. The molecular formula is C12H17N2O7-. The van der Waals surface area contributed by atoms with E-state index in [0.717, 1.165) is 0 Å². The van der Waals surface area contributed by atoms with Gasteiger partial charge in [0, 0.05) is 6.07 Å². The number of benzene rings is 1. The summed E-state index contributed by atoms with van der Waals surface area (Å²) in [6, 6.07) is 4.28. The number of aliphatic hydroxyl groups is 3. The van der Waals surface area contributed by atoms with E-state index in [2.05, 4.69) is 5.32 Å². The highest BCUT2D eigenvalue weighted by molar-refractivity contribution is 5.71. The van der Waals surface area contributed by atoms with Gasteiger partial charge in [0.1, 0.15) is 24.1 Å². The van der Waals surface area contributed by atoms with Crippen molar-refractivity contribution in [2.45, 2.75) is 24.5 Å². The number of methoxy groups -OCH3 is 1. The summed E-state index contributed by atoms with van der Waals surface area (Å²) in [5.74, 6) is 0.353. The minimum absolute atomic E-state index is 0.146. The van der Waals surface area contributed by atoms with Crippen LogP contribution < -0.4 is 15.3 Å². The topological polar surface area (TPSA) is 138 Å². The van der Waals surface area contributed by atoms with Crippen LogP contribution in [0.2, 0.25) is 0 Å². The van der Waals surface area contributed by atoms with Gasteiger partial charge in [-0.15, -0.1) is 0 Å². The molecular weight excluding hydrogens is 284 g/mol. The number of nitrogens with one attached hydrogen (secondary N) is 1. The van der Waals surface area contributed by atoms with E-state index in [9.17, 15) is 15.4 Å². The van der Waals surface area contributed by atoms with Gasteiger partial charge >= 0.3 is 0 Å². The zero-order chi connectivity index (χ0) is 15.6. The maximum atomic E-state index is 11.2. The molecule has 0 radical (unpaired) electrons. The monoisotopic (exact) mass is 301 g/mol. The first kappa shape index (κ1) is 15.8. The van der Waals surface area contributed by atoms with Crippen molar-refractivity contribution in [2.75, 3.05) is 24.3 Å². The van der Waals surface area contributed by atoms with Crippen LogP contribution in [0.3, 0.4) is 0 Å². The molecule has 0 bridgehead atoms. The van der Waals surface area contributed by atoms with Crippen LogP contribution in [-0.4, -0.2) is 58.8 Å². The molecule has 9 nitrogen and oxygen atoms in total. The van der Waals surface area contributed by atoms with E-state index in [1.165, 1.54) is 25.3 Å². The highest BCUT2D eigenvalue weighted by Gasteiger charge is 2.42. The largest absolute Gasteiger partial charge is 0.733 e. The summed E-state index contributed by atoms with van der Waals surface area (Å²) in [5, 5.41) is 51.1. The maximum Gasteiger partial charge on any atom is 0.157 e. The van der Waals surface area contributed by atoms with Crippen molar-refractivity contribution in [3.05, 3.63) is 23.4 Å². The minimum Gasteiger partial charge on any atom is -0.733 e. The summed E-state index contributed by atoms with van der Waals surface area (Å²) in [6.45, 7) is -0.459. The Morgan fingerprint density at radius 2 is 2.10 bits per heavy atom. The Balaban J connectivity index is 2.20. The van der Waals surface area contributed by atoms with Crippen molar-refractivity contribution in [3.8, 4) is 5.75 Å². The molecule has 0 saturated carbocycles. The van der Waals surface area contributed by atoms with Gasteiger partial charge in [-0.1, -0.05) is 0 Å². The third-order valence-corrected chi connectivity index (χ3v) is 3.25. The lowest BCUT2D eigenvalue weighted by Crippen LogP contribution is -2.36. The van der Waals surface area contributed by atoms with Crippen LogP contribution in [-0.2, 0) is 4.74 Å². The van der Waals surface area contributed by atoms with Crippen LogP contribution in [0.15, 0.2) is 18.2 Å². The first-order chi connectivity index (χ1) is 9.97. The first-order valence-corrected chi connectivity index (χ1v) is 6.21. The van der Waals surface area contributed by atoms with E-state index in [1.54, 1.807) is 0 Å². The number of ether oxygens (including phenoxy) is 2. The Morgan fingerprint density at radius 1 is 1.38 bits per heavy atom. The lowest BCUT2D eigenvalue weighted by molar-refractivity contribution is -0.0153. The molecule has 4 atom stereocenters. The maximum absolute atomic E-state index is 11.2. The zero-order valence-corrected chi connectivity index (χ0v) is 11.2.